The van der Waals surface area contributed by atoms with Gasteiger partial charge in [0.15, 0.2) is 0 Å². The van der Waals surface area contributed by atoms with Gasteiger partial charge in [-0.1, -0.05) is 0 Å². The summed E-state index contributed by atoms with van der Waals surface area (Å²) in [5, 5.41) is 0. The van der Waals surface area contributed by atoms with Crippen molar-refractivity contribution in [2.45, 2.75) is 32.9 Å². The summed E-state index contributed by atoms with van der Waals surface area (Å²) in [4.78, 5) is 2.35. The van der Waals surface area contributed by atoms with Crippen LogP contribution in [0.5, 0.6) is 0 Å². The summed E-state index contributed by atoms with van der Waals surface area (Å²) in [6, 6.07) is 0.985. The molecule has 0 saturated heterocycles. The highest BCUT2D eigenvalue weighted by Gasteiger charge is 2.14. The lowest BCUT2D eigenvalue weighted by atomic mass is 10.2. The van der Waals surface area contributed by atoms with Crippen LogP contribution in [0, 0.1) is 0 Å². The predicted molar refractivity (Wildman–Crippen MR) is 52.2 cm³/mol. The molecule has 0 aliphatic heterocycles. The number of ether oxygens (including phenoxy) is 1. The Labute approximate surface area is 75.9 Å². The van der Waals surface area contributed by atoms with Crippen molar-refractivity contribution in [2.24, 2.45) is 5.73 Å². The van der Waals surface area contributed by atoms with Gasteiger partial charge in [0.2, 0.25) is 0 Å². The van der Waals surface area contributed by atoms with Crippen molar-refractivity contribution in [1.29, 1.82) is 0 Å². The monoisotopic (exact) mass is 174 g/mol. The molecule has 0 spiro atoms. The maximum atomic E-state index is 5.60. The quantitative estimate of drug-likeness (QED) is 0.644. The minimum absolute atomic E-state index is 0.445. The Kier molecular flexibility index (Phi) is 6.34. The zero-order valence-electron chi connectivity index (χ0n) is 8.71. The van der Waals surface area contributed by atoms with Crippen LogP contribution in [0.25, 0.3) is 0 Å². The van der Waals surface area contributed by atoms with Crippen LogP contribution in [0.4, 0.5) is 0 Å². The molecule has 0 aromatic heterocycles. The fourth-order valence-electron chi connectivity index (χ4n) is 1.32. The zero-order valence-corrected chi connectivity index (χ0v) is 8.71. The molecule has 0 aliphatic rings. The van der Waals surface area contributed by atoms with Crippen LogP contribution >= 0.6 is 0 Å². The first-order valence-corrected chi connectivity index (χ1v) is 4.58. The minimum Gasteiger partial charge on any atom is -0.383 e. The van der Waals surface area contributed by atoms with Gasteiger partial charge in [-0.25, -0.2) is 0 Å². The fraction of sp³-hybridized carbons (Fsp3) is 1.00. The molecule has 0 rings (SSSR count). The molecule has 1 atom stereocenters. The number of nitrogens with zero attached hydrogens (tertiary/aromatic N) is 1. The minimum atomic E-state index is 0.445. The van der Waals surface area contributed by atoms with Crippen molar-refractivity contribution >= 4 is 0 Å². The lowest BCUT2D eigenvalue weighted by Crippen LogP contribution is -2.44. The second-order valence-electron chi connectivity index (χ2n) is 3.41. The normalized spacial score (nSPS) is 14.2. The highest BCUT2D eigenvalue weighted by Crippen LogP contribution is 2.03. The summed E-state index contributed by atoms with van der Waals surface area (Å²) < 4.78 is 5.03. The van der Waals surface area contributed by atoms with Gasteiger partial charge in [0.25, 0.3) is 0 Å². The predicted octanol–water partition coefficient (Wildman–Crippen LogP) is 0.690. The van der Waals surface area contributed by atoms with E-state index in [1.807, 2.05) is 0 Å². The fourth-order valence-corrected chi connectivity index (χ4v) is 1.32. The molecular formula is C9H22N2O. The number of hydrogen-bond acceptors (Lipinski definition) is 3. The van der Waals surface area contributed by atoms with Crippen LogP contribution in [0.3, 0.4) is 0 Å². The smallest absolute Gasteiger partial charge is 0.0589 e. The second kappa shape index (κ2) is 6.40. The van der Waals surface area contributed by atoms with E-state index >= 15 is 0 Å². The van der Waals surface area contributed by atoms with Crippen LogP contribution in [-0.2, 0) is 4.74 Å². The van der Waals surface area contributed by atoms with E-state index in [1.165, 1.54) is 0 Å². The van der Waals surface area contributed by atoms with E-state index in [4.69, 9.17) is 10.5 Å². The Morgan fingerprint density at radius 1 is 1.33 bits per heavy atom. The van der Waals surface area contributed by atoms with Crippen LogP contribution in [0.2, 0.25) is 0 Å². The molecule has 74 valence electrons. The Hall–Kier alpha value is -0.120. The van der Waals surface area contributed by atoms with Gasteiger partial charge in [0.05, 0.1) is 6.61 Å². The molecule has 12 heavy (non-hydrogen) atoms. The summed E-state index contributed by atoms with van der Waals surface area (Å²) >= 11 is 0. The van der Waals surface area contributed by atoms with Gasteiger partial charge in [-0.05, 0) is 20.8 Å². The number of nitrogens with two attached hydrogens (primary N) is 1. The van der Waals surface area contributed by atoms with E-state index in [0.29, 0.717) is 18.6 Å². The zero-order chi connectivity index (χ0) is 9.56. The van der Waals surface area contributed by atoms with Gasteiger partial charge in [-0.2, -0.15) is 0 Å². The molecule has 0 heterocycles. The van der Waals surface area contributed by atoms with E-state index in [0.717, 1.165) is 13.2 Å². The molecule has 0 aliphatic carbocycles. The first kappa shape index (κ1) is 11.9. The van der Waals surface area contributed by atoms with E-state index in [9.17, 15) is 0 Å². The summed E-state index contributed by atoms with van der Waals surface area (Å²) in [5.41, 5.74) is 5.60. The topological polar surface area (TPSA) is 38.5 Å². The van der Waals surface area contributed by atoms with Gasteiger partial charge in [0, 0.05) is 32.3 Å². The van der Waals surface area contributed by atoms with Gasteiger partial charge in [-0.3, -0.25) is 4.90 Å². The average Bonchev–Trinajstić information content (AvgIpc) is 2.04. The first-order valence-electron chi connectivity index (χ1n) is 4.58. The molecule has 0 fully saturated rings. The third-order valence-electron chi connectivity index (χ3n) is 2.12. The van der Waals surface area contributed by atoms with Crippen molar-refractivity contribution < 1.29 is 4.74 Å². The summed E-state index contributed by atoms with van der Waals surface area (Å²) in [7, 11) is 1.73. The maximum Gasteiger partial charge on any atom is 0.0589 e. The van der Waals surface area contributed by atoms with Crippen molar-refractivity contribution in [2.75, 3.05) is 26.8 Å². The van der Waals surface area contributed by atoms with E-state index in [1.54, 1.807) is 7.11 Å². The molecule has 0 radical (unpaired) electrons. The number of methoxy groups -OCH3 is 1. The molecule has 3 nitrogen and oxygen atoms in total. The molecule has 0 bridgehead atoms. The van der Waals surface area contributed by atoms with Crippen molar-refractivity contribution in [3.05, 3.63) is 0 Å². The Morgan fingerprint density at radius 3 is 2.25 bits per heavy atom. The molecule has 0 aromatic rings. The molecule has 0 saturated carbocycles. The molecule has 2 N–H and O–H groups in total. The van der Waals surface area contributed by atoms with E-state index < -0.39 is 0 Å². The third kappa shape index (κ3) is 4.04. The Bertz CT molecular complexity index is 107. The van der Waals surface area contributed by atoms with Gasteiger partial charge >= 0.3 is 0 Å². The standard InChI is InChI=1S/C9H22N2O/c1-8(2)11(5-6-12-4)9(3)7-10/h8-9H,5-7,10H2,1-4H3. The molecule has 0 aromatic carbocycles. The largest absolute Gasteiger partial charge is 0.383 e. The maximum absolute atomic E-state index is 5.60. The highest BCUT2D eigenvalue weighted by molar-refractivity contribution is 4.70. The first-order chi connectivity index (χ1) is 5.63. The SMILES string of the molecule is COCCN(C(C)C)C(C)CN. The van der Waals surface area contributed by atoms with Crippen molar-refractivity contribution in [3.8, 4) is 0 Å². The van der Waals surface area contributed by atoms with E-state index in [2.05, 4.69) is 25.7 Å². The lowest BCUT2D eigenvalue weighted by molar-refractivity contribution is 0.104. The third-order valence-corrected chi connectivity index (χ3v) is 2.12. The van der Waals surface area contributed by atoms with Gasteiger partial charge in [0.1, 0.15) is 0 Å². The van der Waals surface area contributed by atoms with Gasteiger partial charge < -0.3 is 10.5 Å². The van der Waals surface area contributed by atoms with Crippen LogP contribution < -0.4 is 5.73 Å². The lowest BCUT2D eigenvalue weighted by Gasteiger charge is -2.31. The van der Waals surface area contributed by atoms with Crippen molar-refractivity contribution in [1.82, 2.24) is 4.90 Å². The van der Waals surface area contributed by atoms with E-state index in [-0.39, 0.29) is 0 Å². The molecule has 3 heteroatoms. The highest BCUT2D eigenvalue weighted by atomic mass is 16.5. The van der Waals surface area contributed by atoms with Crippen LogP contribution in [-0.4, -0.2) is 43.8 Å². The number of hydrogen-bond donors (Lipinski definition) is 1. The van der Waals surface area contributed by atoms with Crippen molar-refractivity contribution in [3.63, 3.8) is 0 Å². The van der Waals surface area contributed by atoms with Gasteiger partial charge in [-0.15, -0.1) is 0 Å². The summed E-state index contributed by atoms with van der Waals surface area (Å²) in [6.45, 7) is 8.97. The van der Waals surface area contributed by atoms with Crippen LogP contribution in [0.1, 0.15) is 20.8 Å². The molecule has 1 unspecified atom stereocenters. The number of rotatable bonds is 6. The second-order valence-corrected chi connectivity index (χ2v) is 3.41. The Balaban J connectivity index is 3.85. The summed E-state index contributed by atoms with van der Waals surface area (Å²) in [6.07, 6.45) is 0. The molecule has 0 amide bonds. The summed E-state index contributed by atoms with van der Waals surface area (Å²) in [5.74, 6) is 0. The average molecular weight is 174 g/mol. The van der Waals surface area contributed by atoms with Crippen LogP contribution in [0.15, 0.2) is 0 Å². The molecular weight excluding hydrogens is 152 g/mol. The Morgan fingerprint density at radius 2 is 1.92 bits per heavy atom.